The molecule has 1 aromatic rings. The largest absolute Gasteiger partial charge is 0.465 e. The number of likely N-dealkylation sites (N-methyl/N-ethyl adjacent to an activating group) is 1. The van der Waals surface area contributed by atoms with E-state index in [-0.39, 0.29) is 30.0 Å². The van der Waals surface area contributed by atoms with E-state index in [9.17, 15) is 13.2 Å². The molecule has 1 aromatic carbocycles. The van der Waals surface area contributed by atoms with Crippen LogP contribution in [0.2, 0.25) is 0 Å². The number of benzene rings is 1. The summed E-state index contributed by atoms with van der Waals surface area (Å²) >= 11 is 0. The monoisotopic (exact) mass is 327 g/mol. The summed E-state index contributed by atoms with van der Waals surface area (Å²) in [6.07, 6.45) is 0. The number of hydrogen-bond acceptors (Lipinski definition) is 4. The smallest absolute Gasteiger partial charge is 0.321 e. The summed E-state index contributed by atoms with van der Waals surface area (Å²) in [7, 11) is -3.69. The van der Waals surface area contributed by atoms with Crippen molar-refractivity contribution < 1.29 is 17.9 Å². The molecular weight excluding hydrogens is 302 g/mol. The lowest BCUT2D eigenvalue weighted by Gasteiger charge is -2.22. The SMILES string of the molecule is CCOC(=O)CN(CC)S(=O)(=O)c1ccc(C(C)(C)C)cc1. The van der Waals surface area contributed by atoms with Crippen LogP contribution in [0.4, 0.5) is 0 Å². The van der Waals surface area contributed by atoms with Crippen molar-refractivity contribution in [2.75, 3.05) is 19.7 Å². The van der Waals surface area contributed by atoms with Gasteiger partial charge in [0.25, 0.3) is 0 Å². The van der Waals surface area contributed by atoms with Crippen LogP contribution in [-0.4, -0.2) is 38.4 Å². The van der Waals surface area contributed by atoms with Crippen LogP contribution >= 0.6 is 0 Å². The third-order valence-electron chi connectivity index (χ3n) is 3.32. The number of hydrogen-bond donors (Lipinski definition) is 0. The molecule has 0 unspecified atom stereocenters. The summed E-state index contributed by atoms with van der Waals surface area (Å²) in [5.74, 6) is -0.542. The van der Waals surface area contributed by atoms with Gasteiger partial charge in [-0.25, -0.2) is 8.42 Å². The number of carbonyl (C=O) groups is 1. The van der Waals surface area contributed by atoms with Crippen LogP contribution in [0.3, 0.4) is 0 Å². The fraction of sp³-hybridized carbons (Fsp3) is 0.562. The molecule has 22 heavy (non-hydrogen) atoms. The minimum absolute atomic E-state index is 0.0440. The van der Waals surface area contributed by atoms with Crippen molar-refractivity contribution in [2.45, 2.75) is 44.9 Å². The van der Waals surface area contributed by atoms with Crippen LogP contribution in [0.5, 0.6) is 0 Å². The van der Waals surface area contributed by atoms with Gasteiger partial charge in [0.05, 0.1) is 11.5 Å². The van der Waals surface area contributed by atoms with Crippen molar-refractivity contribution in [3.8, 4) is 0 Å². The molecule has 0 saturated carbocycles. The Kier molecular flexibility index (Phi) is 6.14. The lowest BCUT2D eigenvalue weighted by molar-refractivity contribution is -0.143. The summed E-state index contributed by atoms with van der Waals surface area (Å²) in [6.45, 7) is 9.75. The topological polar surface area (TPSA) is 63.7 Å². The van der Waals surface area contributed by atoms with Gasteiger partial charge in [0.15, 0.2) is 0 Å². The number of sulfonamides is 1. The van der Waals surface area contributed by atoms with Gasteiger partial charge in [-0.1, -0.05) is 39.8 Å². The van der Waals surface area contributed by atoms with Gasteiger partial charge in [-0.3, -0.25) is 4.79 Å². The third-order valence-corrected chi connectivity index (χ3v) is 5.26. The second-order valence-corrected chi connectivity index (χ2v) is 7.95. The third kappa shape index (κ3) is 4.55. The van der Waals surface area contributed by atoms with Crippen molar-refractivity contribution in [1.82, 2.24) is 4.31 Å². The summed E-state index contributed by atoms with van der Waals surface area (Å²) in [5.41, 5.74) is 1.01. The Morgan fingerprint density at radius 1 is 1.14 bits per heavy atom. The maximum absolute atomic E-state index is 12.6. The summed E-state index contributed by atoms with van der Waals surface area (Å²) < 4.78 is 31.1. The van der Waals surface area contributed by atoms with Crippen molar-refractivity contribution >= 4 is 16.0 Å². The molecular formula is C16H25NO4S. The average Bonchev–Trinajstić information content (AvgIpc) is 2.44. The molecule has 0 fully saturated rings. The number of carbonyl (C=O) groups excluding carboxylic acids is 1. The lowest BCUT2D eigenvalue weighted by Crippen LogP contribution is -2.36. The molecule has 0 bridgehead atoms. The van der Waals surface area contributed by atoms with Crippen molar-refractivity contribution in [3.05, 3.63) is 29.8 Å². The standard InChI is InChI=1S/C16H25NO4S/c1-6-17(12-15(18)21-7-2)22(19,20)14-10-8-13(9-11-14)16(3,4)5/h8-11H,6-7,12H2,1-5H3. The molecule has 0 heterocycles. The minimum atomic E-state index is -3.69. The quantitative estimate of drug-likeness (QED) is 0.753. The van der Waals surface area contributed by atoms with Crippen LogP contribution in [0.25, 0.3) is 0 Å². The Labute approximate surface area is 133 Å². The highest BCUT2D eigenvalue weighted by Crippen LogP contribution is 2.24. The van der Waals surface area contributed by atoms with E-state index >= 15 is 0 Å². The van der Waals surface area contributed by atoms with Crippen LogP contribution in [0, 0.1) is 0 Å². The van der Waals surface area contributed by atoms with Crippen molar-refractivity contribution in [1.29, 1.82) is 0 Å². The van der Waals surface area contributed by atoms with E-state index in [0.717, 1.165) is 9.87 Å². The average molecular weight is 327 g/mol. The summed E-state index contributed by atoms with van der Waals surface area (Å²) in [5, 5.41) is 0. The molecule has 124 valence electrons. The van der Waals surface area contributed by atoms with Gasteiger partial charge in [-0.2, -0.15) is 4.31 Å². The summed E-state index contributed by atoms with van der Waals surface area (Å²) in [6, 6.07) is 6.80. The van der Waals surface area contributed by atoms with Crippen molar-refractivity contribution in [3.63, 3.8) is 0 Å². The van der Waals surface area contributed by atoms with Crippen molar-refractivity contribution in [2.24, 2.45) is 0 Å². The lowest BCUT2D eigenvalue weighted by atomic mass is 9.87. The zero-order valence-corrected chi connectivity index (χ0v) is 14.7. The van der Waals surface area contributed by atoms with E-state index in [2.05, 4.69) is 20.8 Å². The molecule has 0 aromatic heterocycles. The number of nitrogens with zero attached hydrogens (tertiary/aromatic N) is 1. The maximum Gasteiger partial charge on any atom is 0.321 e. The van der Waals surface area contributed by atoms with Crippen LogP contribution < -0.4 is 0 Å². The number of ether oxygens (including phenoxy) is 1. The predicted octanol–water partition coefficient (Wildman–Crippen LogP) is 2.56. The molecule has 6 heteroatoms. The molecule has 5 nitrogen and oxygen atoms in total. The molecule has 0 aliphatic rings. The molecule has 1 rings (SSSR count). The molecule has 0 N–H and O–H groups in total. The van der Waals surface area contributed by atoms with Crippen LogP contribution in [0.1, 0.15) is 40.2 Å². The highest BCUT2D eigenvalue weighted by molar-refractivity contribution is 7.89. The molecule has 0 aliphatic carbocycles. The van der Waals surface area contributed by atoms with Gasteiger partial charge in [0.2, 0.25) is 10.0 Å². The fourth-order valence-corrected chi connectivity index (χ4v) is 3.39. The van der Waals surface area contributed by atoms with E-state index in [1.165, 1.54) is 0 Å². The van der Waals surface area contributed by atoms with Gasteiger partial charge in [0.1, 0.15) is 6.54 Å². The van der Waals surface area contributed by atoms with E-state index < -0.39 is 16.0 Å². The highest BCUT2D eigenvalue weighted by Gasteiger charge is 2.26. The Morgan fingerprint density at radius 3 is 2.09 bits per heavy atom. The molecule has 0 aliphatic heterocycles. The van der Waals surface area contributed by atoms with Gasteiger partial charge < -0.3 is 4.74 Å². The van der Waals surface area contributed by atoms with E-state index in [1.807, 2.05) is 12.1 Å². The molecule has 0 amide bonds. The molecule has 0 atom stereocenters. The first-order chi connectivity index (χ1) is 10.1. The van der Waals surface area contributed by atoms with E-state index in [4.69, 9.17) is 4.74 Å². The predicted molar refractivity (Wildman–Crippen MR) is 86.2 cm³/mol. The summed E-state index contributed by atoms with van der Waals surface area (Å²) in [4.78, 5) is 11.7. The zero-order valence-electron chi connectivity index (χ0n) is 13.9. The number of rotatable bonds is 6. The minimum Gasteiger partial charge on any atom is -0.465 e. The number of esters is 1. The van der Waals surface area contributed by atoms with Gasteiger partial charge in [-0.15, -0.1) is 0 Å². The highest BCUT2D eigenvalue weighted by atomic mass is 32.2. The van der Waals surface area contributed by atoms with E-state index in [1.54, 1.807) is 26.0 Å². The normalized spacial score (nSPS) is 12.5. The first kappa shape index (κ1) is 18.6. The zero-order chi connectivity index (χ0) is 17.0. The molecule has 0 radical (unpaired) electrons. The Hall–Kier alpha value is -1.40. The fourth-order valence-electron chi connectivity index (χ4n) is 1.99. The van der Waals surface area contributed by atoms with Crippen LogP contribution in [-0.2, 0) is 25.0 Å². The molecule has 0 spiro atoms. The second kappa shape index (κ2) is 7.24. The Balaban J connectivity index is 3.03. The first-order valence-electron chi connectivity index (χ1n) is 7.39. The Bertz CT molecular complexity index is 600. The molecule has 0 saturated heterocycles. The van der Waals surface area contributed by atoms with Crippen LogP contribution in [0.15, 0.2) is 29.2 Å². The van der Waals surface area contributed by atoms with Gasteiger partial charge in [-0.05, 0) is 30.0 Å². The Morgan fingerprint density at radius 2 is 1.68 bits per heavy atom. The van der Waals surface area contributed by atoms with Gasteiger partial charge >= 0.3 is 5.97 Å². The second-order valence-electron chi connectivity index (χ2n) is 6.01. The maximum atomic E-state index is 12.6. The van der Waals surface area contributed by atoms with Gasteiger partial charge in [0, 0.05) is 6.54 Å². The first-order valence-corrected chi connectivity index (χ1v) is 8.83. The van der Waals surface area contributed by atoms with E-state index in [0.29, 0.717) is 0 Å².